The molecule has 0 spiro atoms. The van der Waals surface area contributed by atoms with Crippen molar-refractivity contribution in [1.29, 1.82) is 0 Å². The molecule has 0 unspecified atom stereocenters. The van der Waals surface area contributed by atoms with E-state index in [2.05, 4.69) is 15.4 Å². The summed E-state index contributed by atoms with van der Waals surface area (Å²) in [5, 5.41) is 3.20. The molecule has 0 aromatic carbocycles. The van der Waals surface area contributed by atoms with Gasteiger partial charge in [-0.1, -0.05) is 0 Å². The quantitative estimate of drug-likeness (QED) is 0.623. The summed E-state index contributed by atoms with van der Waals surface area (Å²) in [6.07, 6.45) is 2.60. The van der Waals surface area contributed by atoms with Crippen LogP contribution in [0, 0.1) is 0 Å². The third kappa shape index (κ3) is 2.68. The molecule has 1 aromatic rings. The summed E-state index contributed by atoms with van der Waals surface area (Å²) in [4.78, 5) is 10.6. The number of aliphatic imine (C=N–C) groups is 1. The van der Waals surface area contributed by atoms with Gasteiger partial charge in [-0.3, -0.25) is 0 Å². The Morgan fingerprint density at radius 1 is 1.67 bits per heavy atom. The molecule has 0 radical (unpaired) electrons. The maximum absolute atomic E-state index is 5.70. The molecule has 5 heteroatoms. The van der Waals surface area contributed by atoms with E-state index in [1.807, 2.05) is 14.1 Å². The van der Waals surface area contributed by atoms with Crippen molar-refractivity contribution in [1.82, 2.24) is 9.88 Å². The Hall–Kier alpha value is -1.10. The lowest BCUT2D eigenvalue weighted by atomic mass is 10.3. The highest BCUT2D eigenvalue weighted by Crippen LogP contribution is 2.40. The number of rotatable bonds is 3. The molecule has 2 rings (SSSR count). The number of hydrogen-bond donors (Lipinski definition) is 1. The second-order valence-corrected chi connectivity index (χ2v) is 4.95. The number of aromatic nitrogens is 1. The van der Waals surface area contributed by atoms with Gasteiger partial charge in [-0.25, -0.2) is 9.98 Å². The molecule has 0 amide bonds. The zero-order valence-corrected chi connectivity index (χ0v) is 9.92. The van der Waals surface area contributed by atoms with E-state index in [1.54, 1.807) is 16.2 Å². The smallest absolute Gasteiger partial charge is 0.191 e. The van der Waals surface area contributed by atoms with Crippen LogP contribution < -0.4 is 5.73 Å². The Bertz CT molecular complexity index is 365. The molecule has 0 bridgehead atoms. The van der Waals surface area contributed by atoms with Gasteiger partial charge in [0, 0.05) is 25.4 Å². The molecule has 82 valence electrons. The molecule has 1 heterocycles. The molecular weight excluding hydrogens is 208 g/mol. The normalized spacial score (nSPS) is 16.8. The second-order valence-electron chi connectivity index (χ2n) is 4.01. The molecule has 0 aliphatic heterocycles. The highest BCUT2D eigenvalue weighted by Gasteiger charge is 2.25. The van der Waals surface area contributed by atoms with Crippen LogP contribution in [0.1, 0.15) is 29.5 Å². The van der Waals surface area contributed by atoms with Crippen LogP contribution in [0.15, 0.2) is 10.4 Å². The van der Waals surface area contributed by atoms with E-state index in [0.717, 1.165) is 10.9 Å². The summed E-state index contributed by atoms with van der Waals surface area (Å²) >= 11 is 1.68. The highest BCUT2D eigenvalue weighted by atomic mass is 32.1. The summed E-state index contributed by atoms with van der Waals surface area (Å²) in [6, 6.07) is 0. The number of hydrogen-bond acceptors (Lipinski definition) is 3. The van der Waals surface area contributed by atoms with Crippen LogP contribution in [0.4, 0.5) is 0 Å². The van der Waals surface area contributed by atoms with Gasteiger partial charge in [-0.05, 0) is 12.8 Å². The first kappa shape index (κ1) is 10.4. The Balaban J connectivity index is 1.95. The number of nitrogens with two attached hydrogens (primary N) is 1. The largest absolute Gasteiger partial charge is 0.370 e. The Morgan fingerprint density at radius 2 is 2.40 bits per heavy atom. The number of thiazole rings is 1. The van der Waals surface area contributed by atoms with Crippen molar-refractivity contribution in [3.63, 3.8) is 0 Å². The lowest BCUT2D eigenvalue weighted by molar-refractivity contribution is 0.609. The minimum Gasteiger partial charge on any atom is -0.370 e. The fourth-order valence-electron chi connectivity index (χ4n) is 1.25. The topological polar surface area (TPSA) is 54.5 Å². The van der Waals surface area contributed by atoms with Crippen molar-refractivity contribution in [2.24, 2.45) is 10.7 Å². The van der Waals surface area contributed by atoms with Crippen molar-refractivity contribution in [2.45, 2.75) is 25.3 Å². The van der Waals surface area contributed by atoms with Crippen molar-refractivity contribution >= 4 is 17.3 Å². The minimum atomic E-state index is 0.554. The number of guanidine groups is 1. The fourth-order valence-corrected chi connectivity index (χ4v) is 2.05. The summed E-state index contributed by atoms with van der Waals surface area (Å²) < 4.78 is 0. The first-order chi connectivity index (χ1) is 7.16. The Labute approximate surface area is 93.8 Å². The van der Waals surface area contributed by atoms with Crippen LogP contribution in [0.3, 0.4) is 0 Å². The predicted molar refractivity (Wildman–Crippen MR) is 63.1 cm³/mol. The molecule has 0 atom stereocenters. The van der Waals surface area contributed by atoms with Gasteiger partial charge in [0.25, 0.3) is 0 Å². The SMILES string of the molecule is CN(C)C(N)=NCc1nc(C2CC2)cs1. The zero-order chi connectivity index (χ0) is 10.8. The van der Waals surface area contributed by atoms with Crippen molar-refractivity contribution < 1.29 is 0 Å². The molecule has 1 fully saturated rings. The minimum absolute atomic E-state index is 0.554. The van der Waals surface area contributed by atoms with Crippen molar-refractivity contribution in [3.8, 4) is 0 Å². The molecule has 1 aliphatic rings. The van der Waals surface area contributed by atoms with Crippen molar-refractivity contribution in [3.05, 3.63) is 16.1 Å². The molecular formula is C10H16N4S. The Morgan fingerprint density at radius 3 is 3.00 bits per heavy atom. The molecule has 1 aliphatic carbocycles. The summed E-state index contributed by atoms with van der Waals surface area (Å²) in [6.45, 7) is 0.599. The van der Waals surface area contributed by atoms with Gasteiger partial charge in [0.15, 0.2) is 5.96 Å². The lowest BCUT2D eigenvalue weighted by Gasteiger charge is -2.09. The highest BCUT2D eigenvalue weighted by molar-refractivity contribution is 7.09. The van der Waals surface area contributed by atoms with Gasteiger partial charge in [0.2, 0.25) is 0 Å². The van der Waals surface area contributed by atoms with E-state index in [0.29, 0.717) is 12.5 Å². The first-order valence-electron chi connectivity index (χ1n) is 5.08. The van der Waals surface area contributed by atoms with Crippen LogP contribution in [-0.2, 0) is 6.54 Å². The maximum Gasteiger partial charge on any atom is 0.191 e. The van der Waals surface area contributed by atoms with Crippen LogP contribution in [-0.4, -0.2) is 29.9 Å². The molecule has 1 aromatic heterocycles. The van der Waals surface area contributed by atoms with Gasteiger partial charge >= 0.3 is 0 Å². The van der Waals surface area contributed by atoms with Crippen LogP contribution >= 0.6 is 11.3 Å². The predicted octanol–water partition coefficient (Wildman–Crippen LogP) is 1.40. The molecule has 2 N–H and O–H groups in total. The average molecular weight is 224 g/mol. The summed E-state index contributed by atoms with van der Waals surface area (Å²) in [5.41, 5.74) is 6.94. The average Bonchev–Trinajstić information content (AvgIpc) is 2.95. The maximum atomic E-state index is 5.70. The van der Waals surface area contributed by atoms with Crippen molar-refractivity contribution in [2.75, 3.05) is 14.1 Å². The van der Waals surface area contributed by atoms with E-state index in [4.69, 9.17) is 5.73 Å². The molecule has 1 saturated carbocycles. The fraction of sp³-hybridized carbons (Fsp3) is 0.600. The molecule has 0 saturated heterocycles. The molecule has 4 nitrogen and oxygen atoms in total. The van der Waals surface area contributed by atoms with Gasteiger partial charge in [0.05, 0.1) is 12.2 Å². The lowest BCUT2D eigenvalue weighted by Crippen LogP contribution is -2.30. The van der Waals surface area contributed by atoms with Crippen LogP contribution in [0.25, 0.3) is 0 Å². The third-order valence-electron chi connectivity index (χ3n) is 2.40. The zero-order valence-electron chi connectivity index (χ0n) is 9.10. The van der Waals surface area contributed by atoms with E-state index in [-0.39, 0.29) is 0 Å². The Kier molecular flexibility index (Phi) is 2.90. The van der Waals surface area contributed by atoms with Gasteiger partial charge in [-0.15, -0.1) is 11.3 Å². The van der Waals surface area contributed by atoms with E-state index in [1.165, 1.54) is 18.5 Å². The third-order valence-corrected chi connectivity index (χ3v) is 3.25. The van der Waals surface area contributed by atoms with Gasteiger partial charge in [-0.2, -0.15) is 0 Å². The van der Waals surface area contributed by atoms with Crippen LogP contribution in [0.5, 0.6) is 0 Å². The number of nitrogens with zero attached hydrogens (tertiary/aromatic N) is 3. The van der Waals surface area contributed by atoms with Gasteiger partial charge in [0.1, 0.15) is 5.01 Å². The molecule has 15 heavy (non-hydrogen) atoms. The van der Waals surface area contributed by atoms with Crippen LogP contribution in [0.2, 0.25) is 0 Å². The van der Waals surface area contributed by atoms with E-state index < -0.39 is 0 Å². The van der Waals surface area contributed by atoms with Gasteiger partial charge < -0.3 is 10.6 Å². The van der Waals surface area contributed by atoms with E-state index in [9.17, 15) is 0 Å². The first-order valence-corrected chi connectivity index (χ1v) is 5.96. The van der Waals surface area contributed by atoms with E-state index >= 15 is 0 Å². The monoisotopic (exact) mass is 224 g/mol. The summed E-state index contributed by atoms with van der Waals surface area (Å²) in [7, 11) is 3.77. The standard InChI is InChI=1S/C10H16N4S/c1-14(2)10(11)12-5-9-13-8(6-15-9)7-3-4-7/h6-7H,3-5H2,1-2H3,(H2,11,12). The summed E-state index contributed by atoms with van der Waals surface area (Å²) in [5.74, 6) is 1.28. The second kappa shape index (κ2) is 4.18.